The standard InChI is InChI=1S/C20H18ClF4NO2/c1-18(2)20(24,25)19(3,26-17(27)10-28-18)15-8-11(4-5-16(15)23)12-6-13(21)9-14(22)7-12/h4-9H,10H2,1-3H3,(H,26,27)/t19-/m1/s1. The molecule has 0 radical (unpaired) electrons. The molecule has 3 nitrogen and oxygen atoms in total. The summed E-state index contributed by atoms with van der Waals surface area (Å²) >= 11 is 5.86. The molecule has 1 N–H and O–H groups in total. The van der Waals surface area contributed by atoms with Crippen LogP contribution >= 0.6 is 11.6 Å². The number of benzene rings is 2. The monoisotopic (exact) mass is 415 g/mol. The van der Waals surface area contributed by atoms with Crippen LogP contribution in [0.25, 0.3) is 11.1 Å². The number of rotatable bonds is 2. The Hall–Kier alpha value is -2.12. The Morgan fingerprint density at radius 3 is 2.36 bits per heavy atom. The minimum Gasteiger partial charge on any atom is -0.359 e. The molecule has 1 fully saturated rings. The van der Waals surface area contributed by atoms with Crippen LogP contribution in [-0.2, 0) is 15.1 Å². The van der Waals surface area contributed by atoms with Crippen molar-refractivity contribution in [2.45, 2.75) is 37.8 Å². The zero-order valence-electron chi connectivity index (χ0n) is 15.4. The van der Waals surface area contributed by atoms with E-state index in [1.165, 1.54) is 12.1 Å². The minimum atomic E-state index is -3.68. The zero-order chi connectivity index (χ0) is 20.9. The highest BCUT2D eigenvalue weighted by molar-refractivity contribution is 6.30. The summed E-state index contributed by atoms with van der Waals surface area (Å²) in [5.74, 6) is -6.04. The van der Waals surface area contributed by atoms with Crippen molar-refractivity contribution in [3.63, 3.8) is 0 Å². The molecule has 0 spiro atoms. The van der Waals surface area contributed by atoms with Crippen molar-refractivity contribution >= 4 is 17.5 Å². The maximum atomic E-state index is 15.4. The zero-order valence-corrected chi connectivity index (χ0v) is 16.1. The van der Waals surface area contributed by atoms with E-state index in [1.807, 2.05) is 0 Å². The van der Waals surface area contributed by atoms with Crippen molar-refractivity contribution < 1.29 is 27.1 Å². The number of carbonyl (C=O) groups is 1. The second-order valence-electron chi connectivity index (χ2n) is 7.40. The second kappa shape index (κ2) is 6.74. The number of hydrogen-bond acceptors (Lipinski definition) is 2. The lowest BCUT2D eigenvalue weighted by molar-refractivity contribution is -0.216. The first kappa shape index (κ1) is 20.6. The molecule has 1 heterocycles. The van der Waals surface area contributed by atoms with Crippen molar-refractivity contribution in [1.82, 2.24) is 5.32 Å². The van der Waals surface area contributed by atoms with Crippen LogP contribution in [0.3, 0.4) is 0 Å². The second-order valence-corrected chi connectivity index (χ2v) is 7.84. The van der Waals surface area contributed by atoms with E-state index in [0.29, 0.717) is 0 Å². The average Bonchev–Trinajstić information content (AvgIpc) is 2.64. The van der Waals surface area contributed by atoms with Gasteiger partial charge in [0.25, 0.3) is 0 Å². The lowest BCUT2D eigenvalue weighted by Crippen LogP contribution is -2.62. The van der Waals surface area contributed by atoms with Gasteiger partial charge in [-0.15, -0.1) is 0 Å². The number of carbonyl (C=O) groups excluding carboxylic acids is 1. The van der Waals surface area contributed by atoms with Crippen LogP contribution in [0.2, 0.25) is 5.02 Å². The summed E-state index contributed by atoms with van der Waals surface area (Å²) in [5, 5.41) is 2.31. The number of alkyl halides is 2. The van der Waals surface area contributed by atoms with Gasteiger partial charge in [0.1, 0.15) is 29.4 Å². The van der Waals surface area contributed by atoms with Gasteiger partial charge in [0.2, 0.25) is 5.91 Å². The Morgan fingerprint density at radius 2 is 1.71 bits per heavy atom. The summed E-state index contributed by atoms with van der Waals surface area (Å²) in [6.07, 6.45) is 0. The highest BCUT2D eigenvalue weighted by Crippen LogP contribution is 2.48. The largest absolute Gasteiger partial charge is 0.359 e. The number of ether oxygens (including phenoxy) is 1. The fraction of sp³-hybridized carbons (Fsp3) is 0.350. The van der Waals surface area contributed by atoms with Gasteiger partial charge in [0.05, 0.1) is 0 Å². The van der Waals surface area contributed by atoms with Gasteiger partial charge in [-0.3, -0.25) is 4.79 Å². The maximum absolute atomic E-state index is 15.4. The molecule has 8 heteroatoms. The maximum Gasteiger partial charge on any atom is 0.302 e. The molecular formula is C20H18ClF4NO2. The first-order valence-electron chi connectivity index (χ1n) is 8.47. The normalized spacial score (nSPS) is 23.8. The summed E-state index contributed by atoms with van der Waals surface area (Å²) in [6, 6.07) is 7.16. The molecule has 2 aromatic rings. The third-order valence-electron chi connectivity index (χ3n) is 5.04. The van der Waals surface area contributed by atoms with E-state index in [4.69, 9.17) is 16.3 Å². The topological polar surface area (TPSA) is 38.3 Å². The first-order chi connectivity index (χ1) is 12.9. The number of amides is 1. The smallest absolute Gasteiger partial charge is 0.302 e. The van der Waals surface area contributed by atoms with Crippen molar-refractivity contribution in [2.24, 2.45) is 0 Å². The van der Waals surface area contributed by atoms with Gasteiger partial charge in [0.15, 0.2) is 0 Å². The van der Waals surface area contributed by atoms with Crippen LogP contribution in [0.4, 0.5) is 17.6 Å². The molecule has 1 aliphatic rings. The fourth-order valence-electron chi connectivity index (χ4n) is 3.38. The Morgan fingerprint density at radius 1 is 1.04 bits per heavy atom. The average molecular weight is 416 g/mol. The van der Waals surface area contributed by atoms with Crippen molar-refractivity contribution in [3.05, 3.63) is 58.6 Å². The van der Waals surface area contributed by atoms with Gasteiger partial charge in [-0.25, -0.2) is 17.6 Å². The summed E-state index contributed by atoms with van der Waals surface area (Å²) in [7, 11) is 0. The van der Waals surface area contributed by atoms with Crippen molar-refractivity contribution in [3.8, 4) is 11.1 Å². The van der Waals surface area contributed by atoms with E-state index >= 15 is 8.78 Å². The van der Waals surface area contributed by atoms with Crippen LogP contribution in [-0.4, -0.2) is 24.0 Å². The summed E-state index contributed by atoms with van der Waals surface area (Å²) in [4.78, 5) is 12.0. The fourth-order valence-corrected chi connectivity index (χ4v) is 3.60. The molecule has 3 rings (SSSR count). The van der Waals surface area contributed by atoms with E-state index in [2.05, 4.69) is 5.32 Å². The van der Waals surface area contributed by atoms with E-state index in [0.717, 1.165) is 45.0 Å². The Labute approximate surface area is 164 Å². The Balaban J connectivity index is 2.22. The molecule has 1 aliphatic heterocycles. The molecular weight excluding hydrogens is 398 g/mol. The minimum absolute atomic E-state index is 0.106. The predicted molar refractivity (Wildman–Crippen MR) is 97.3 cm³/mol. The van der Waals surface area contributed by atoms with Gasteiger partial charge >= 0.3 is 5.92 Å². The molecule has 2 aromatic carbocycles. The molecule has 28 heavy (non-hydrogen) atoms. The van der Waals surface area contributed by atoms with E-state index < -0.39 is 46.8 Å². The van der Waals surface area contributed by atoms with Crippen LogP contribution < -0.4 is 5.32 Å². The summed E-state index contributed by atoms with van der Waals surface area (Å²) in [6.45, 7) is 2.74. The van der Waals surface area contributed by atoms with Crippen LogP contribution in [0.5, 0.6) is 0 Å². The SMILES string of the molecule is CC1(C)OCC(=O)N[C@](C)(c2cc(-c3cc(F)cc(Cl)c3)ccc2F)C1(F)F. The summed E-state index contributed by atoms with van der Waals surface area (Å²) < 4.78 is 64.3. The number of hydrogen-bond donors (Lipinski definition) is 1. The third-order valence-corrected chi connectivity index (χ3v) is 5.26. The summed E-state index contributed by atoms with van der Waals surface area (Å²) in [5.41, 5.74) is -4.34. The molecule has 0 bridgehead atoms. The third kappa shape index (κ3) is 3.26. The lowest BCUT2D eigenvalue weighted by atomic mass is 9.77. The highest BCUT2D eigenvalue weighted by atomic mass is 35.5. The van der Waals surface area contributed by atoms with E-state index in [9.17, 15) is 13.6 Å². The van der Waals surface area contributed by atoms with Crippen LogP contribution in [0.1, 0.15) is 26.3 Å². The molecule has 0 aromatic heterocycles. The molecule has 1 amide bonds. The number of halogens is 5. The van der Waals surface area contributed by atoms with Crippen molar-refractivity contribution in [1.29, 1.82) is 0 Å². The van der Waals surface area contributed by atoms with Gasteiger partial charge in [0, 0.05) is 10.6 Å². The number of nitrogens with one attached hydrogen (secondary N) is 1. The Bertz CT molecular complexity index is 928. The molecule has 0 unspecified atom stereocenters. The first-order valence-corrected chi connectivity index (χ1v) is 8.84. The van der Waals surface area contributed by atoms with Crippen LogP contribution in [0.15, 0.2) is 36.4 Å². The quantitative estimate of drug-likeness (QED) is 0.696. The van der Waals surface area contributed by atoms with Gasteiger partial charge in [-0.1, -0.05) is 17.7 Å². The van der Waals surface area contributed by atoms with Crippen LogP contribution in [0, 0.1) is 11.6 Å². The van der Waals surface area contributed by atoms with E-state index in [-0.39, 0.29) is 16.1 Å². The molecule has 1 saturated heterocycles. The molecule has 1 atom stereocenters. The molecule has 0 aliphatic carbocycles. The van der Waals surface area contributed by atoms with Gasteiger partial charge in [-0.05, 0) is 62.2 Å². The van der Waals surface area contributed by atoms with E-state index in [1.54, 1.807) is 0 Å². The highest BCUT2D eigenvalue weighted by Gasteiger charge is 2.64. The van der Waals surface area contributed by atoms with Gasteiger partial charge < -0.3 is 10.1 Å². The lowest BCUT2D eigenvalue weighted by Gasteiger charge is -2.43. The molecule has 0 saturated carbocycles. The Kier molecular flexibility index (Phi) is 4.96. The molecule has 150 valence electrons. The predicted octanol–water partition coefficient (Wildman–Crippen LogP) is 5.06. The van der Waals surface area contributed by atoms with Gasteiger partial charge in [-0.2, -0.15) is 0 Å². The van der Waals surface area contributed by atoms with Crippen molar-refractivity contribution in [2.75, 3.05) is 6.61 Å².